The van der Waals surface area contributed by atoms with Crippen LogP contribution in [-0.4, -0.2) is 5.11 Å². The third kappa shape index (κ3) is 2.77. The van der Waals surface area contributed by atoms with Crippen molar-refractivity contribution in [3.05, 3.63) is 21.9 Å². The topological polar surface area (TPSA) is 44.0 Å². The molecule has 20 heavy (non-hydrogen) atoms. The number of aliphatic hydroxyl groups excluding tert-OH is 1. The fourth-order valence-electron chi connectivity index (χ4n) is 3.12. The minimum atomic E-state index is -0.634. The Bertz CT molecular complexity index is 508. The molecule has 3 heteroatoms. The van der Waals surface area contributed by atoms with E-state index in [1.807, 2.05) is 6.07 Å². The molecule has 1 saturated carbocycles. The van der Waals surface area contributed by atoms with E-state index >= 15 is 0 Å². The smallest absolute Gasteiger partial charge is 0.107 e. The first kappa shape index (κ1) is 15.5. The predicted octanol–water partition coefficient (Wildman–Crippen LogP) is 4.80. The number of hydrogen-bond acceptors (Lipinski definition) is 3. The highest BCUT2D eigenvalue weighted by Crippen LogP contribution is 2.51. The Morgan fingerprint density at radius 2 is 2.20 bits per heavy atom. The second-order valence-electron chi connectivity index (χ2n) is 7.14. The zero-order valence-electron chi connectivity index (χ0n) is 12.9. The molecule has 0 aliphatic heterocycles. The molecule has 0 saturated heterocycles. The average Bonchev–Trinajstić information content (AvgIpc) is 3.05. The number of thiophene rings is 1. The number of nitriles is 1. The molecule has 0 radical (unpaired) electrons. The van der Waals surface area contributed by atoms with Crippen LogP contribution >= 0.6 is 11.3 Å². The Kier molecular flexibility index (Phi) is 4.27. The molecule has 1 aliphatic rings. The minimum absolute atomic E-state index is 0.101. The number of aliphatic hydroxyl groups is 1. The normalized spacial score (nSPS) is 28.3. The first-order valence-electron chi connectivity index (χ1n) is 7.52. The van der Waals surface area contributed by atoms with E-state index < -0.39 is 11.5 Å². The van der Waals surface area contributed by atoms with Crippen molar-refractivity contribution in [1.29, 1.82) is 5.26 Å². The molecule has 2 nitrogen and oxygen atoms in total. The second-order valence-corrected chi connectivity index (χ2v) is 8.25. The molecular formula is C17H25NOS. The van der Waals surface area contributed by atoms with E-state index in [9.17, 15) is 10.4 Å². The Balaban J connectivity index is 2.24. The summed E-state index contributed by atoms with van der Waals surface area (Å²) in [4.78, 5) is 2.22. The lowest BCUT2D eigenvalue weighted by Crippen LogP contribution is -2.24. The van der Waals surface area contributed by atoms with Crippen LogP contribution in [0, 0.1) is 22.7 Å². The fourth-order valence-corrected chi connectivity index (χ4v) is 4.29. The van der Waals surface area contributed by atoms with Gasteiger partial charge in [-0.2, -0.15) is 5.26 Å². The van der Waals surface area contributed by atoms with Crippen LogP contribution in [0.1, 0.15) is 69.2 Å². The molecule has 0 spiro atoms. The van der Waals surface area contributed by atoms with Gasteiger partial charge in [0, 0.05) is 9.75 Å². The molecule has 0 aromatic carbocycles. The van der Waals surface area contributed by atoms with Crippen LogP contribution in [0.25, 0.3) is 0 Å². The van der Waals surface area contributed by atoms with E-state index in [0.29, 0.717) is 5.92 Å². The molecule has 3 atom stereocenters. The Labute approximate surface area is 126 Å². The lowest BCUT2D eigenvalue weighted by atomic mass is 9.80. The average molecular weight is 291 g/mol. The lowest BCUT2D eigenvalue weighted by molar-refractivity contribution is 0.0672. The Morgan fingerprint density at radius 1 is 1.50 bits per heavy atom. The van der Waals surface area contributed by atoms with Crippen LogP contribution in [0.5, 0.6) is 0 Å². The van der Waals surface area contributed by atoms with Crippen LogP contribution in [0.2, 0.25) is 0 Å². The largest absolute Gasteiger partial charge is 0.386 e. The van der Waals surface area contributed by atoms with Crippen molar-refractivity contribution in [2.45, 2.75) is 64.9 Å². The van der Waals surface area contributed by atoms with Gasteiger partial charge in [0.25, 0.3) is 0 Å². The van der Waals surface area contributed by atoms with Crippen molar-refractivity contribution in [2.24, 2.45) is 11.3 Å². The molecule has 0 amide bonds. The molecule has 1 N–H and O–H groups in total. The number of nitrogens with zero attached hydrogens (tertiary/aromatic N) is 1. The molecule has 1 aromatic rings. The van der Waals surface area contributed by atoms with Crippen molar-refractivity contribution in [3.63, 3.8) is 0 Å². The van der Waals surface area contributed by atoms with Crippen LogP contribution in [0.15, 0.2) is 12.1 Å². The van der Waals surface area contributed by atoms with E-state index in [1.165, 1.54) is 4.88 Å². The van der Waals surface area contributed by atoms with Crippen LogP contribution in [0.4, 0.5) is 0 Å². The third-order valence-corrected chi connectivity index (χ3v) is 6.17. The summed E-state index contributed by atoms with van der Waals surface area (Å²) in [7, 11) is 0. The molecule has 110 valence electrons. The van der Waals surface area contributed by atoms with Crippen molar-refractivity contribution < 1.29 is 5.11 Å². The molecule has 1 aromatic heterocycles. The van der Waals surface area contributed by atoms with Gasteiger partial charge in [0.05, 0.1) is 11.5 Å². The van der Waals surface area contributed by atoms with Crippen molar-refractivity contribution >= 4 is 11.3 Å². The van der Waals surface area contributed by atoms with Gasteiger partial charge in [-0.3, -0.25) is 0 Å². The van der Waals surface area contributed by atoms with Crippen molar-refractivity contribution in [1.82, 2.24) is 0 Å². The summed E-state index contributed by atoms with van der Waals surface area (Å²) in [5.41, 5.74) is -0.468. The fraction of sp³-hybridized carbons (Fsp3) is 0.706. The van der Waals surface area contributed by atoms with Crippen LogP contribution in [-0.2, 0) is 5.41 Å². The third-order valence-electron chi connectivity index (χ3n) is 4.61. The van der Waals surface area contributed by atoms with Crippen LogP contribution < -0.4 is 0 Å². The summed E-state index contributed by atoms with van der Waals surface area (Å²) in [5, 5.41) is 20.4. The molecular weight excluding hydrogens is 266 g/mol. The summed E-state index contributed by atoms with van der Waals surface area (Å²) in [6.45, 7) is 8.71. The lowest BCUT2D eigenvalue weighted by Gasteiger charge is -2.26. The molecule has 3 unspecified atom stereocenters. The summed E-state index contributed by atoms with van der Waals surface area (Å²) < 4.78 is 0. The Hall–Kier alpha value is -0.850. The van der Waals surface area contributed by atoms with Gasteiger partial charge in [-0.15, -0.1) is 11.3 Å². The molecule has 1 aliphatic carbocycles. The van der Waals surface area contributed by atoms with Crippen molar-refractivity contribution in [2.75, 3.05) is 0 Å². The first-order chi connectivity index (χ1) is 9.32. The first-order valence-corrected chi connectivity index (χ1v) is 8.33. The zero-order chi connectivity index (χ0) is 15.0. The van der Waals surface area contributed by atoms with Gasteiger partial charge >= 0.3 is 0 Å². The SMILES string of the molecule is CCC1CCC(C#N)(C(O)c2ccc(C(C)(C)C)s2)C1. The standard InChI is InChI=1S/C17H25NOS/c1-5-12-8-9-17(10-12,11-18)15(19)13-6-7-14(20-13)16(2,3)4/h6-7,12,15,19H,5,8-10H2,1-4H3. The predicted molar refractivity (Wildman–Crippen MR) is 83.7 cm³/mol. The number of hydrogen-bond donors (Lipinski definition) is 1. The molecule has 0 bridgehead atoms. The maximum atomic E-state index is 10.8. The highest BCUT2D eigenvalue weighted by atomic mass is 32.1. The van der Waals surface area contributed by atoms with Gasteiger partial charge in [0.2, 0.25) is 0 Å². The minimum Gasteiger partial charge on any atom is -0.386 e. The quantitative estimate of drug-likeness (QED) is 0.869. The van der Waals surface area contributed by atoms with E-state index in [2.05, 4.69) is 39.8 Å². The van der Waals surface area contributed by atoms with Crippen molar-refractivity contribution in [3.8, 4) is 6.07 Å². The maximum Gasteiger partial charge on any atom is 0.107 e. The van der Waals surface area contributed by atoms with Gasteiger partial charge in [0.15, 0.2) is 0 Å². The zero-order valence-corrected chi connectivity index (χ0v) is 13.8. The highest BCUT2D eigenvalue weighted by molar-refractivity contribution is 7.12. The highest BCUT2D eigenvalue weighted by Gasteiger charge is 2.45. The molecule has 2 rings (SSSR count). The summed E-state index contributed by atoms with van der Waals surface area (Å²) in [6.07, 6.45) is 3.20. The van der Waals surface area contributed by atoms with Gasteiger partial charge < -0.3 is 5.11 Å². The number of rotatable bonds is 3. The Morgan fingerprint density at radius 3 is 2.65 bits per heavy atom. The van der Waals surface area contributed by atoms with E-state index in [0.717, 1.165) is 30.6 Å². The summed E-state index contributed by atoms with van der Waals surface area (Å²) in [6, 6.07) is 6.55. The maximum absolute atomic E-state index is 10.8. The van der Waals surface area contributed by atoms with Gasteiger partial charge in [0.1, 0.15) is 6.10 Å². The molecule has 1 heterocycles. The second kappa shape index (κ2) is 5.50. The van der Waals surface area contributed by atoms with E-state index in [-0.39, 0.29) is 5.41 Å². The van der Waals surface area contributed by atoms with Gasteiger partial charge in [-0.25, -0.2) is 0 Å². The molecule has 1 fully saturated rings. The summed E-state index contributed by atoms with van der Waals surface area (Å²) >= 11 is 1.66. The monoisotopic (exact) mass is 291 g/mol. The van der Waals surface area contributed by atoms with Crippen LogP contribution in [0.3, 0.4) is 0 Å². The van der Waals surface area contributed by atoms with E-state index in [4.69, 9.17) is 0 Å². The summed E-state index contributed by atoms with van der Waals surface area (Å²) in [5.74, 6) is 0.589. The van der Waals surface area contributed by atoms with Gasteiger partial charge in [-0.1, -0.05) is 34.1 Å². The van der Waals surface area contributed by atoms with Gasteiger partial charge in [-0.05, 0) is 42.7 Å². The van der Waals surface area contributed by atoms with E-state index in [1.54, 1.807) is 11.3 Å².